The predicted molar refractivity (Wildman–Crippen MR) is 121 cm³/mol. The molecule has 1 aromatic heterocycles. The molecule has 1 aromatic carbocycles. The van der Waals surface area contributed by atoms with Crippen molar-refractivity contribution in [2.75, 3.05) is 53.6 Å². The Morgan fingerprint density at radius 2 is 2.21 bits per heavy atom. The number of hydrazone groups is 1. The Hall–Kier alpha value is -1.85. The number of hydrogen-bond acceptors (Lipinski definition) is 6. The van der Waals surface area contributed by atoms with Gasteiger partial charge in [-0.2, -0.15) is 5.10 Å². The van der Waals surface area contributed by atoms with Crippen molar-refractivity contribution in [3.05, 3.63) is 30.0 Å². The van der Waals surface area contributed by atoms with Crippen LogP contribution in [0.5, 0.6) is 5.75 Å². The zero-order valence-corrected chi connectivity index (χ0v) is 18.9. The lowest BCUT2D eigenvalue weighted by molar-refractivity contribution is -0.115. The smallest absolute Gasteiger partial charge is 0.267 e. The molecule has 0 spiro atoms. The molecule has 3 heterocycles. The molecule has 9 heteroatoms. The molecule has 2 aromatic rings. The Kier molecular flexibility index (Phi) is 5.98. The number of ether oxygens (including phenoxy) is 2. The van der Waals surface area contributed by atoms with Gasteiger partial charge in [-0.25, -0.2) is 0 Å². The molecule has 1 amide bonds. The van der Waals surface area contributed by atoms with E-state index >= 15 is 0 Å². The van der Waals surface area contributed by atoms with Gasteiger partial charge >= 0.3 is 0 Å². The van der Waals surface area contributed by atoms with Crippen molar-refractivity contribution in [1.82, 2.24) is 20.2 Å². The fraction of sp³-hybridized carbons (Fsp3) is 0.500. The van der Waals surface area contributed by atoms with Gasteiger partial charge in [-0.15, -0.1) is 0 Å². The van der Waals surface area contributed by atoms with Gasteiger partial charge in [-0.1, -0.05) is 0 Å². The van der Waals surface area contributed by atoms with E-state index in [1.165, 1.54) is 0 Å². The number of carbonyl (C=O) groups excluding carboxylic acids is 1. The monoisotopic (exact) mass is 511 g/mol. The fourth-order valence-corrected chi connectivity index (χ4v) is 4.75. The molecule has 1 fully saturated rings. The van der Waals surface area contributed by atoms with Crippen LogP contribution in [0.15, 0.2) is 29.5 Å². The van der Waals surface area contributed by atoms with Crippen LogP contribution in [0.4, 0.5) is 0 Å². The van der Waals surface area contributed by atoms with Crippen LogP contribution in [0.1, 0.15) is 12.0 Å². The summed E-state index contributed by atoms with van der Waals surface area (Å²) in [4.78, 5) is 18.3. The van der Waals surface area contributed by atoms with Crippen LogP contribution in [-0.2, 0) is 13.1 Å². The maximum atomic E-state index is 12.7. The highest BCUT2D eigenvalue weighted by molar-refractivity contribution is 14.1. The van der Waals surface area contributed by atoms with Crippen LogP contribution >= 0.6 is 22.6 Å². The molecule has 29 heavy (non-hydrogen) atoms. The van der Waals surface area contributed by atoms with E-state index in [0.717, 1.165) is 55.1 Å². The first-order valence-electron chi connectivity index (χ1n) is 9.75. The van der Waals surface area contributed by atoms with Crippen LogP contribution in [0, 0.1) is 0 Å². The Labute approximate surface area is 183 Å². The summed E-state index contributed by atoms with van der Waals surface area (Å²) in [5.74, 6) is 0.718. The minimum absolute atomic E-state index is 0.0924. The van der Waals surface area contributed by atoms with Gasteiger partial charge in [0.05, 0.1) is 20.3 Å². The fourth-order valence-electron chi connectivity index (χ4n) is 3.83. The van der Waals surface area contributed by atoms with Crippen molar-refractivity contribution >= 4 is 45.1 Å². The highest BCUT2D eigenvalue weighted by atomic mass is 127. The van der Waals surface area contributed by atoms with Crippen molar-refractivity contribution in [3.63, 3.8) is 0 Å². The number of aromatic amines is 1. The molecule has 4 rings (SSSR count). The Bertz CT molecular complexity index is 924. The van der Waals surface area contributed by atoms with E-state index in [0.29, 0.717) is 18.7 Å². The summed E-state index contributed by atoms with van der Waals surface area (Å²) in [6, 6.07) is 5.98. The number of alkyl halides is 1. The SMILES string of the molecule is COc1ccc2c(C3(I)CC(C(=O)NCCN4CCOCC4)=NN3C)c[nH]c2c1. The molecule has 1 atom stereocenters. The third kappa shape index (κ3) is 4.08. The summed E-state index contributed by atoms with van der Waals surface area (Å²) in [7, 11) is 3.58. The van der Waals surface area contributed by atoms with Crippen LogP contribution in [0.25, 0.3) is 10.9 Å². The molecule has 2 aliphatic heterocycles. The number of methoxy groups -OCH3 is 1. The van der Waals surface area contributed by atoms with Crippen molar-refractivity contribution in [2.24, 2.45) is 5.10 Å². The van der Waals surface area contributed by atoms with E-state index in [4.69, 9.17) is 9.47 Å². The van der Waals surface area contributed by atoms with Gasteiger partial charge in [0, 0.05) is 68.4 Å². The molecular weight excluding hydrogens is 485 g/mol. The molecule has 0 radical (unpaired) electrons. The lowest BCUT2D eigenvalue weighted by Gasteiger charge is -2.29. The van der Waals surface area contributed by atoms with Crippen molar-refractivity contribution in [2.45, 2.75) is 9.97 Å². The highest BCUT2D eigenvalue weighted by Crippen LogP contribution is 2.45. The van der Waals surface area contributed by atoms with E-state index in [-0.39, 0.29) is 5.91 Å². The van der Waals surface area contributed by atoms with Gasteiger partial charge < -0.3 is 19.8 Å². The third-order valence-electron chi connectivity index (χ3n) is 5.57. The maximum Gasteiger partial charge on any atom is 0.267 e. The second kappa shape index (κ2) is 8.49. The van der Waals surface area contributed by atoms with Crippen molar-refractivity contribution in [1.29, 1.82) is 0 Å². The number of hydrogen-bond donors (Lipinski definition) is 2. The van der Waals surface area contributed by atoms with Crippen LogP contribution in [0.3, 0.4) is 0 Å². The maximum absolute atomic E-state index is 12.7. The molecule has 0 aliphatic carbocycles. The molecular formula is C20H26IN5O3. The summed E-state index contributed by atoms with van der Waals surface area (Å²) >= 11 is 2.40. The molecule has 1 saturated heterocycles. The summed E-state index contributed by atoms with van der Waals surface area (Å²) in [6.45, 7) is 4.81. The van der Waals surface area contributed by atoms with Gasteiger partial charge in [0.1, 0.15) is 15.0 Å². The number of nitrogens with zero attached hydrogens (tertiary/aromatic N) is 3. The van der Waals surface area contributed by atoms with Gasteiger partial charge in [-0.05, 0) is 34.7 Å². The number of fused-ring (bicyclic) bond motifs is 1. The van der Waals surface area contributed by atoms with E-state index in [9.17, 15) is 4.79 Å². The summed E-state index contributed by atoms with van der Waals surface area (Å²) < 4.78 is 10.3. The number of rotatable bonds is 6. The second-order valence-corrected chi connectivity index (χ2v) is 9.11. The molecule has 0 saturated carbocycles. The molecule has 2 N–H and O–H groups in total. The topological polar surface area (TPSA) is 82.2 Å². The second-order valence-electron chi connectivity index (χ2n) is 7.33. The minimum atomic E-state index is -0.415. The van der Waals surface area contributed by atoms with Gasteiger partial charge in [0.25, 0.3) is 5.91 Å². The van der Waals surface area contributed by atoms with Gasteiger partial charge in [0.2, 0.25) is 0 Å². The number of morpholine rings is 1. The number of amides is 1. The number of nitrogens with one attached hydrogen (secondary N) is 2. The number of carbonyl (C=O) groups is 1. The van der Waals surface area contributed by atoms with Crippen molar-refractivity contribution in [3.8, 4) is 5.75 Å². The van der Waals surface area contributed by atoms with Gasteiger partial charge in [0.15, 0.2) is 0 Å². The number of aromatic nitrogens is 1. The number of halogens is 1. The summed E-state index contributed by atoms with van der Waals surface area (Å²) in [5, 5.41) is 10.6. The first-order valence-corrected chi connectivity index (χ1v) is 10.8. The number of benzene rings is 1. The number of H-pyrrole nitrogens is 1. The zero-order valence-electron chi connectivity index (χ0n) is 16.7. The van der Waals surface area contributed by atoms with Crippen LogP contribution < -0.4 is 10.1 Å². The molecule has 8 nitrogen and oxygen atoms in total. The largest absolute Gasteiger partial charge is 0.497 e. The molecule has 2 aliphatic rings. The van der Waals surface area contributed by atoms with Crippen LogP contribution in [-0.4, -0.2) is 80.1 Å². The average Bonchev–Trinajstić information content (AvgIpc) is 3.30. The van der Waals surface area contributed by atoms with E-state index in [1.54, 1.807) is 7.11 Å². The summed E-state index contributed by atoms with van der Waals surface area (Å²) in [5.41, 5.74) is 2.68. The van der Waals surface area contributed by atoms with E-state index < -0.39 is 3.55 Å². The Balaban J connectivity index is 1.42. The first kappa shape index (κ1) is 20.4. The Morgan fingerprint density at radius 3 is 2.97 bits per heavy atom. The minimum Gasteiger partial charge on any atom is -0.497 e. The lowest BCUT2D eigenvalue weighted by atomic mass is 10.0. The van der Waals surface area contributed by atoms with E-state index in [1.807, 2.05) is 30.4 Å². The molecule has 1 unspecified atom stereocenters. The average molecular weight is 511 g/mol. The third-order valence-corrected chi connectivity index (χ3v) is 7.23. The molecule has 0 bridgehead atoms. The Morgan fingerprint density at radius 1 is 1.41 bits per heavy atom. The first-order chi connectivity index (χ1) is 14.0. The van der Waals surface area contributed by atoms with Crippen LogP contribution in [0.2, 0.25) is 0 Å². The van der Waals surface area contributed by atoms with Gasteiger partial charge in [-0.3, -0.25) is 14.7 Å². The molecule has 156 valence electrons. The summed E-state index contributed by atoms with van der Waals surface area (Å²) in [6.07, 6.45) is 2.55. The highest BCUT2D eigenvalue weighted by Gasteiger charge is 2.43. The van der Waals surface area contributed by atoms with Crippen molar-refractivity contribution < 1.29 is 14.3 Å². The van der Waals surface area contributed by atoms with E-state index in [2.05, 4.69) is 49.0 Å². The standard InChI is InChI=1S/C20H26IN5O3/c1-25-20(21,16-13-23-17-11-14(28-2)3-4-15(16)17)12-18(24-25)19(27)22-5-6-26-7-9-29-10-8-26/h3-4,11,13,23H,5-10,12H2,1-2H3,(H,22,27). The zero-order chi connectivity index (χ0) is 20.4. The lowest BCUT2D eigenvalue weighted by Crippen LogP contribution is -2.42. The quantitative estimate of drug-likeness (QED) is 0.352. The predicted octanol–water partition coefficient (Wildman–Crippen LogP) is 1.90. The normalized spacial score (nSPS) is 22.7.